The number of carbonyl (C=O) groups is 2. The number of amides is 3. The first kappa shape index (κ1) is 32.2. The van der Waals surface area contributed by atoms with Gasteiger partial charge in [-0.05, 0) is 63.4 Å². The molecule has 11 nitrogen and oxygen atoms in total. The Balaban J connectivity index is 1.55. The van der Waals surface area contributed by atoms with Crippen molar-refractivity contribution in [3.63, 3.8) is 0 Å². The van der Waals surface area contributed by atoms with Crippen LogP contribution in [0.3, 0.4) is 0 Å². The molecule has 0 fully saturated rings. The van der Waals surface area contributed by atoms with E-state index in [0.29, 0.717) is 48.2 Å². The molecule has 11 heteroatoms. The second-order valence-corrected chi connectivity index (χ2v) is 11.8. The Morgan fingerprint density at radius 2 is 1.81 bits per heavy atom. The highest BCUT2D eigenvalue weighted by atomic mass is 16.7. The molecule has 2 heterocycles. The zero-order chi connectivity index (χ0) is 31.1. The molecule has 4 rings (SSSR count). The van der Waals surface area contributed by atoms with Crippen LogP contribution < -0.4 is 24.4 Å². The van der Waals surface area contributed by atoms with Gasteiger partial charge >= 0.3 is 6.03 Å². The number of benzene rings is 2. The van der Waals surface area contributed by atoms with E-state index in [1.807, 2.05) is 58.0 Å². The van der Waals surface area contributed by atoms with E-state index in [0.717, 1.165) is 24.9 Å². The summed E-state index contributed by atoms with van der Waals surface area (Å²) in [6.07, 6.45) is 2.10. The van der Waals surface area contributed by atoms with Crippen LogP contribution in [0.2, 0.25) is 0 Å². The van der Waals surface area contributed by atoms with Crippen LogP contribution in [0.4, 0.5) is 16.2 Å². The Morgan fingerprint density at radius 1 is 1.07 bits per heavy atom. The summed E-state index contributed by atoms with van der Waals surface area (Å²) in [5.41, 5.74) is 1.94. The van der Waals surface area contributed by atoms with E-state index < -0.39 is 6.04 Å². The number of rotatable bonds is 6. The fourth-order valence-corrected chi connectivity index (χ4v) is 5.20. The maximum Gasteiger partial charge on any atom is 0.321 e. The molecule has 2 N–H and O–H groups in total. The highest BCUT2D eigenvalue weighted by Gasteiger charge is 2.31. The van der Waals surface area contributed by atoms with Crippen molar-refractivity contribution in [1.82, 2.24) is 9.80 Å². The number of nitrogens with one attached hydrogen (secondary N) is 1. The molecule has 2 aliphatic heterocycles. The molecule has 0 spiro atoms. The summed E-state index contributed by atoms with van der Waals surface area (Å²) in [6, 6.07) is 10.2. The molecule has 0 saturated carbocycles. The van der Waals surface area contributed by atoms with E-state index in [1.165, 1.54) is 0 Å². The predicted octanol–water partition coefficient (Wildman–Crippen LogP) is 4.44. The molecule has 43 heavy (non-hydrogen) atoms. The Bertz CT molecular complexity index is 1260. The van der Waals surface area contributed by atoms with Crippen LogP contribution in [0, 0.1) is 5.92 Å². The molecule has 0 radical (unpaired) electrons. The molecule has 236 valence electrons. The van der Waals surface area contributed by atoms with Gasteiger partial charge in [-0.25, -0.2) is 4.79 Å². The molecule has 2 aromatic rings. The van der Waals surface area contributed by atoms with Gasteiger partial charge in [-0.3, -0.25) is 4.79 Å². The van der Waals surface area contributed by atoms with E-state index in [-0.39, 0.29) is 43.5 Å². The van der Waals surface area contributed by atoms with Crippen molar-refractivity contribution in [2.75, 3.05) is 64.5 Å². The third-order valence-corrected chi connectivity index (χ3v) is 7.98. The number of ether oxygens (including phenoxy) is 4. The summed E-state index contributed by atoms with van der Waals surface area (Å²) in [5, 5.41) is 13.0. The summed E-state index contributed by atoms with van der Waals surface area (Å²) in [6.45, 7) is 6.97. The van der Waals surface area contributed by atoms with Crippen LogP contribution in [-0.4, -0.2) is 99.3 Å². The third kappa shape index (κ3) is 8.23. The first-order valence-electron chi connectivity index (χ1n) is 15.0. The van der Waals surface area contributed by atoms with Crippen molar-refractivity contribution in [2.24, 2.45) is 5.92 Å². The van der Waals surface area contributed by atoms with Crippen LogP contribution in [0.15, 0.2) is 36.4 Å². The van der Waals surface area contributed by atoms with Crippen LogP contribution >= 0.6 is 0 Å². The SMILES string of the molecule is C[C@@H]1CCCCO[C@H](CN(C)C(=O)Nc2ccc3c(c2)OCO3)[C@H](C)CN([C@H](C)CO)C(=O)c2cc(N(C)C)ccc2O1. The highest BCUT2D eigenvalue weighted by molar-refractivity contribution is 5.98. The number of fused-ring (bicyclic) bond motifs is 2. The van der Waals surface area contributed by atoms with Gasteiger partial charge in [0, 0.05) is 64.2 Å². The number of hydrogen-bond donors (Lipinski definition) is 2. The Morgan fingerprint density at radius 3 is 2.56 bits per heavy atom. The van der Waals surface area contributed by atoms with Gasteiger partial charge in [0.2, 0.25) is 6.79 Å². The summed E-state index contributed by atoms with van der Waals surface area (Å²) < 4.78 is 23.4. The summed E-state index contributed by atoms with van der Waals surface area (Å²) >= 11 is 0. The van der Waals surface area contributed by atoms with Gasteiger partial charge < -0.3 is 44.1 Å². The Hall–Kier alpha value is -3.70. The van der Waals surface area contributed by atoms with Gasteiger partial charge in [-0.15, -0.1) is 0 Å². The average Bonchev–Trinajstić information content (AvgIpc) is 3.45. The summed E-state index contributed by atoms with van der Waals surface area (Å²) in [7, 11) is 5.58. The van der Waals surface area contributed by atoms with Crippen molar-refractivity contribution in [1.29, 1.82) is 0 Å². The minimum absolute atomic E-state index is 0.0934. The lowest BCUT2D eigenvalue weighted by Gasteiger charge is -2.36. The molecule has 3 amide bonds. The molecule has 2 aromatic carbocycles. The number of likely N-dealkylation sites (N-methyl/N-ethyl adjacent to an activating group) is 1. The lowest BCUT2D eigenvalue weighted by molar-refractivity contribution is -0.0115. The molecule has 0 aromatic heterocycles. The fraction of sp³-hybridized carbons (Fsp3) is 0.562. The highest BCUT2D eigenvalue weighted by Crippen LogP contribution is 2.34. The monoisotopic (exact) mass is 598 g/mol. The number of carbonyl (C=O) groups excluding carboxylic acids is 2. The average molecular weight is 599 g/mol. The maximum atomic E-state index is 14.1. The maximum absolute atomic E-state index is 14.1. The lowest BCUT2D eigenvalue weighted by atomic mass is 10.0. The Kier molecular flexibility index (Phi) is 11.0. The van der Waals surface area contributed by atoms with Gasteiger partial charge in [0.15, 0.2) is 11.5 Å². The van der Waals surface area contributed by atoms with Gasteiger partial charge in [0.1, 0.15) is 5.75 Å². The van der Waals surface area contributed by atoms with Gasteiger partial charge in [-0.2, -0.15) is 0 Å². The van der Waals surface area contributed by atoms with Gasteiger partial charge in [0.05, 0.1) is 30.4 Å². The van der Waals surface area contributed by atoms with Crippen LogP contribution in [0.5, 0.6) is 17.2 Å². The van der Waals surface area contributed by atoms with E-state index in [9.17, 15) is 14.7 Å². The zero-order valence-electron chi connectivity index (χ0n) is 26.2. The minimum atomic E-state index is -0.441. The van der Waals surface area contributed by atoms with Crippen molar-refractivity contribution < 1.29 is 33.6 Å². The van der Waals surface area contributed by atoms with Gasteiger partial charge in [0.25, 0.3) is 5.91 Å². The lowest BCUT2D eigenvalue weighted by Crippen LogP contribution is -2.48. The van der Waals surface area contributed by atoms with Crippen LogP contribution in [-0.2, 0) is 4.74 Å². The molecule has 0 unspecified atom stereocenters. The minimum Gasteiger partial charge on any atom is -0.490 e. The first-order chi connectivity index (χ1) is 20.6. The van der Waals surface area contributed by atoms with Crippen molar-refractivity contribution >= 4 is 23.3 Å². The summed E-state index contributed by atoms with van der Waals surface area (Å²) in [4.78, 5) is 32.5. The molecular formula is C32H46N4O7. The van der Waals surface area contributed by atoms with Crippen LogP contribution in [0.1, 0.15) is 50.4 Å². The van der Waals surface area contributed by atoms with Crippen molar-refractivity contribution in [2.45, 2.75) is 58.3 Å². The van der Waals surface area contributed by atoms with Gasteiger partial charge in [-0.1, -0.05) is 6.92 Å². The number of urea groups is 1. The number of hydrogen-bond acceptors (Lipinski definition) is 8. The van der Waals surface area contributed by atoms with Crippen molar-refractivity contribution in [3.8, 4) is 17.2 Å². The first-order valence-corrected chi connectivity index (χ1v) is 15.0. The van der Waals surface area contributed by atoms with E-state index in [4.69, 9.17) is 18.9 Å². The zero-order valence-corrected chi connectivity index (χ0v) is 26.2. The standard InChI is InChI=1S/C32H46N4O7/c1-21-17-36(22(2)19-37)31(38)26-16-25(34(4)5)11-13-27(26)43-23(3)9-7-8-14-40-30(21)18-35(6)32(39)33-24-10-12-28-29(15-24)42-20-41-28/h10-13,15-16,21-23,30,37H,7-9,14,17-20H2,1-6H3,(H,33,39)/t21-,22-,23-,30-/m1/s1. The van der Waals surface area contributed by atoms with Crippen LogP contribution in [0.25, 0.3) is 0 Å². The topological polar surface area (TPSA) is 113 Å². The number of nitrogens with zero attached hydrogens (tertiary/aromatic N) is 3. The molecule has 2 aliphatic rings. The fourth-order valence-electron chi connectivity index (χ4n) is 5.20. The van der Waals surface area contributed by atoms with Crippen molar-refractivity contribution in [3.05, 3.63) is 42.0 Å². The van der Waals surface area contributed by atoms with E-state index in [2.05, 4.69) is 5.32 Å². The normalized spacial score (nSPS) is 21.7. The molecular weight excluding hydrogens is 552 g/mol. The van der Waals surface area contributed by atoms with E-state index in [1.54, 1.807) is 35.0 Å². The number of anilines is 2. The van der Waals surface area contributed by atoms with E-state index >= 15 is 0 Å². The number of aliphatic hydroxyl groups is 1. The second-order valence-electron chi connectivity index (χ2n) is 11.8. The molecule has 0 bridgehead atoms. The quantitative estimate of drug-likeness (QED) is 0.502. The molecule has 4 atom stereocenters. The Labute approximate surface area is 254 Å². The molecule has 0 aliphatic carbocycles. The predicted molar refractivity (Wildman–Crippen MR) is 165 cm³/mol. The smallest absolute Gasteiger partial charge is 0.321 e. The molecule has 0 saturated heterocycles. The third-order valence-electron chi connectivity index (χ3n) is 7.98. The largest absolute Gasteiger partial charge is 0.490 e. The summed E-state index contributed by atoms with van der Waals surface area (Å²) in [5.74, 6) is 1.40. The second kappa shape index (κ2) is 14.7. The number of aliphatic hydroxyl groups excluding tert-OH is 1.